The van der Waals surface area contributed by atoms with Crippen LogP contribution in [0, 0.1) is 0 Å². The van der Waals surface area contributed by atoms with E-state index in [4.69, 9.17) is 0 Å². The van der Waals surface area contributed by atoms with Crippen LogP contribution in [0.5, 0.6) is 5.75 Å². The van der Waals surface area contributed by atoms with Gasteiger partial charge in [-0.25, -0.2) is 4.98 Å². The van der Waals surface area contributed by atoms with E-state index < -0.39 is 0 Å². The number of nitrogens with one attached hydrogen (secondary N) is 2. The van der Waals surface area contributed by atoms with Crippen LogP contribution in [0.3, 0.4) is 0 Å². The first kappa shape index (κ1) is 13.5. The van der Waals surface area contributed by atoms with E-state index in [1.54, 1.807) is 18.2 Å². The number of rotatable bonds is 4. The highest BCUT2D eigenvalue weighted by molar-refractivity contribution is 7.99. The normalized spacial score (nSPS) is 10.7. The first-order valence-electron chi connectivity index (χ1n) is 6.37. The highest BCUT2D eigenvalue weighted by Crippen LogP contribution is 2.22. The van der Waals surface area contributed by atoms with E-state index in [1.165, 1.54) is 11.8 Å². The maximum absolute atomic E-state index is 11.8. The molecule has 0 atom stereocenters. The SMILES string of the molecule is O=C(CSc1nc2ccc(O)cc2[nH]1)Nc1ccccc1. The van der Waals surface area contributed by atoms with Crippen molar-refractivity contribution in [2.24, 2.45) is 0 Å². The van der Waals surface area contributed by atoms with Crippen molar-refractivity contribution >= 4 is 34.4 Å². The molecule has 5 nitrogen and oxygen atoms in total. The molecule has 0 aliphatic heterocycles. The molecule has 3 aromatic rings. The molecule has 1 amide bonds. The molecule has 0 saturated carbocycles. The second-order valence-electron chi connectivity index (χ2n) is 4.45. The predicted molar refractivity (Wildman–Crippen MR) is 83.6 cm³/mol. The van der Waals surface area contributed by atoms with E-state index in [0.717, 1.165) is 16.7 Å². The number of benzene rings is 2. The van der Waals surface area contributed by atoms with E-state index in [0.29, 0.717) is 5.16 Å². The molecule has 1 aromatic heterocycles. The van der Waals surface area contributed by atoms with E-state index in [-0.39, 0.29) is 17.4 Å². The summed E-state index contributed by atoms with van der Waals surface area (Å²) in [5, 5.41) is 12.9. The Morgan fingerprint density at radius 1 is 1.24 bits per heavy atom. The number of H-pyrrole nitrogens is 1. The lowest BCUT2D eigenvalue weighted by atomic mass is 10.3. The lowest BCUT2D eigenvalue weighted by molar-refractivity contribution is -0.113. The Kier molecular flexibility index (Phi) is 3.79. The number of hydrogen-bond acceptors (Lipinski definition) is 4. The van der Waals surface area contributed by atoms with Gasteiger partial charge in [0, 0.05) is 11.8 Å². The van der Waals surface area contributed by atoms with Crippen LogP contribution in [-0.2, 0) is 4.79 Å². The molecule has 0 radical (unpaired) electrons. The number of aromatic nitrogens is 2. The van der Waals surface area contributed by atoms with E-state index in [9.17, 15) is 9.90 Å². The first-order chi connectivity index (χ1) is 10.2. The number of anilines is 1. The molecule has 2 aromatic carbocycles. The van der Waals surface area contributed by atoms with Crippen molar-refractivity contribution in [3.8, 4) is 5.75 Å². The number of nitrogens with zero attached hydrogens (tertiary/aromatic N) is 1. The predicted octanol–water partition coefficient (Wildman–Crippen LogP) is 3.00. The third kappa shape index (κ3) is 3.35. The molecule has 0 bridgehead atoms. The average Bonchev–Trinajstić information content (AvgIpc) is 2.88. The third-order valence-electron chi connectivity index (χ3n) is 2.84. The van der Waals surface area contributed by atoms with Crippen molar-refractivity contribution in [3.05, 3.63) is 48.5 Å². The van der Waals surface area contributed by atoms with Crippen molar-refractivity contribution in [2.75, 3.05) is 11.1 Å². The summed E-state index contributed by atoms with van der Waals surface area (Å²) in [6, 6.07) is 14.2. The van der Waals surface area contributed by atoms with Gasteiger partial charge in [-0.2, -0.15) is 0 Å². The Hall–Kier alpha value is -2.47. The maximum Gasteiger partial charge on any atom is 0.234 e. The lowest BCUT2D eigenvalue weighted by Crippen LogP contribution is -2.13. The number of amides is 1. The Balaban J connectivity index is 1.62. The van der Waals surface area contributed by atoms with Gasteiger partial charge in [0.2, 0.25) is 5.91 Å². The fourth-order valence-electron chi connectivity index (χ4n) is 1.90. The van der Waals surface area contributed by atoms with Crippen LogP contribution in [0.4, 0.5) is 5.69 Å². The van der Waals surface area contributed by atoms with Crippen LogP contribution in [0.15, 0.2) is 53.7 Å². The Labute approximate surface area is 125 Å². The van der Waals surface area contributed by atoms with Gasteiger partial charge in [-0.1, -0.05) is 30.0 Å². The quantitative estimate of drug-likeness (QED) is 0.647. The zero-order valence-electron chi connectivity index (χ0n) is 11.0. The maximum atomic E-state index is 11.8. The van der Waals surface area contributed by atoms with Crippen LogP contribution >= 0.6 is 11.8 Å². The molecule has 0 aliphatic rings. The number of aromatic hydroxyl groups is 1. The molecule has 0 aliphatic carbocycles. The molecule has 106 valence electrons. The summed E-state index contributed by atoms with van der Waals surface area (Å²) >= 11 is 1.32. The van der Waals surface area contributed by atoms with Gasteiger partial charge in [-0.15, -0.1) is 0 Å². The molecule has 0 spiro atoms. The highest BCUT2D eigenvalue weighted by Gasteiger charge is 2.07. The van der Waals surface area contributed by atoms with E-state index in [1.807, 2.05) is 30.3 Å². The van der Waals surface area contributed by atoms with Gasteiger partial charge in [-0.3, -0.25) is 4.79 Å². The lowest BCUT2D eigenvalue weighted by Gasteiger charge is -2.03. The zero-order valence-corrected chi connectivity index (χ0v) is 11.9. The average molecular weight is 299 g/mol. The molecule has 21 heavy (non-hydrogen) atoms. The second kappa shape index (κ2) is 5.88. The standard InChI is InChI=1S/C15H13N3O2S/c19-11-6-7-12-13(8-11)18-15(17-12)21-9-14(20)16-10-4-2-1-3-5-10/h1-8,19H,9H2,(H,16,20)(H,17,18). The second-order valence-corrected chi connectivity index (χ2v) is 5.41. The minimum Gasteiger partial charge on any atom is -0.508 e. The fraction of sp³-hybridized carbons (Fsp3) is 0.0667. The molecule has 1 heterocycles. The summed E-state index contributed by atoms with van der Waals surface area (Å²) < 4.78 is 0. The summed E-state index contributed by atoms with van der Waals surface area (Å²) in [7, 11) is 0. The van der Waals surface area contributed by atoms with Crippen molar-refractivity contribution in [3.63, 3.8) is 0 Å². The van der Waals surface area contributed by atoms with Crippen LogP contribution in [0.2, 0.25) is 0 Å². The van der Waals surface area contributed by atoms with Gasteiger partial charge in [-0.05, 0) is 24.3 Å². The minimum atomic E-state index is -0.0884. The topological polar surface area (TPSA) is 78.0 Å². The number of hydrogen-bond donors (Lipinski definition) is 3. The fourth-order valence-corrected chi connectivity index (χ4v) is 2.58. The van der Waals surface area contributed by atoms with Gasteiger partial charge in [0.25, 0.3) is 0 Å². The number of para-hydroxylation sites is 1. The number of phenolic OH excluding ortho intramolecular Hbond substituents is 1. The monoisotopic (exact) mass is 299 g/mol. The third-order valence-corrected chi connectivity index (χ3v) is 3.71. The van der Waals surface area contributed by atoms with Crippen molar-refractivity contribution in [1.82, 2.24) is 9.97 Å². The van der Waals surface area contributed by atoms with Crippen LogP contribution in [0.25, 0.3) is 11.0 Å². The van der Waals surface area contributed by atoms with E-state index in [2.05, 4.69) is 15.3 Å². The van der Waals surface area contributed by atoms with Gasteiger partial charge in [0.05, 0.1) is 16.8 Å². The Morgan fingerprint density at radius 2 is 2.05 bits per heavy atom. The van der Waals surface area contributed by atoms with Gasteiger partial charge < -0.3 is 15.4 Å². The molecule has 0 unspecified atom stereocenters. The number of aromatic amines is 1. The molecule has 3 N–H and O–H groups in total. The first-order valence-corrected chi connectivity index (χ1v) is 7.36. The molecular formula is C15H13N3O2S. The van der Waals surface area contributed by atoms with Crippen molar-refractivity contribution < 1.29 is 9.90 Å². The van der Waals surface area contributed by atoms with Crippen LogP contribution in [0.1, 0.15) is 0 Å². The van der Waals surface area contributed by atoms with Crippen LogP contribution in [-0.4, -0.2) is 26.7 Å². The van der Waals surface area contributed by atoms with E-state index >= 15 is 0 Å². The Morgan fingerprint density at radius 3 is 2.86 bits per heavy atom. The van der Waals surface area contributed by atoms with Gasteiger partial charge in [0.15, 0.2) is 5.16 Å². The number of thioether (sulfide) groups is 1. The Bertz CT molecular complexity index is 771. The number of imidazole rings is 1. The molecule has 0 fully saturated rings. The zero-order chi connectivity index (χ0) is 14.7. The summed E-state index contributed by atoms with van der Waals surface area (Å²) in [4.78, 5) is 19.3. The summed E-state index contributed by atoms with van der Waals surface area (Å²) in [6.07, 6.45) is 0. The molecular weight excluding hydrogens is 286 g/mol. The number of carbonyl (C=O) groups is 1. The van der Waals surface area contributed by atoms with Crippen molar-refractivity contribution in [1.29, 1.82) is 0 Å². The van der Waals surface area contributed by atoms with Crippen LogP contribution < -0.4 is 5.32 Å². The molecule has 3 rings (SSSR count). The summed E-state index contributed by atoms with van der Waals surface area (Å²) in [6.45, 7) is 0. The molecule has 6 heteroatoms. The minimum absolute atomic E-state index is 0.0884. The number of phenols is 1. The number of fused-ring (bicyclic) bond motifs is 1. The number of carbonyl (C=O) groups excluding carboxylic acids is 1. The largest absolute Gasteiger partial charge is 0.508 e. The van der Waals surface area contributed by atoms with Gasteiger partial charge >= 0.3 is 0 Å². The summed E-state index contributed by atoms with van der Waals surface area (Å²) in [5.74, 6) is 0.361. The molecule has 0 saturated heterocycles. The smallest absolute Gasteiger partial charge is 0.234 e. The summed E-state index contributed by atoms with van der Waals surface area (Å²) in [5.41, 5.74) is 2.29. The highest BCUT2D eigenvalue weighted by atomic mass is 32.2. The van der Waals surface area contributed by atoms with Gasteiger partial charge in [0.1, 0.15) is 5.75 Å². The van der Waals surface area contributed by atoms with Crippen molar-refractivity contribution in [2.45, 2.75) is 5.16 Å².